The number of pyridine rings is 1. The van der Waals surface area contributed by atoms with Gasteiger partial charge in [0.2, 0.25) is 0 Å². The van der Waals surface area contributed by atoms with Crippen molar-refractivity contribution >= 4 is 11.5 Å². The van der Waals surface area contributed by atoms with Crippen molar-refractivity contribution in [1.29, 1.82) is 5.26 Å². The van der Waals surface area contributed by atoms with Crippen molar-refractivity contribution in [1.82, 2.24) is 19.4 Å². The van der Waals surface area contributed by atoms with E-state index in [1.165, 1.54) is 0 Å². The lowest BCUT2D eigenvalue weighted by atomic mass is 10.1. The summed E-state index contributed by atoms with van der Waals surface area (Å²) in [6.07, 6.45) is 0. The highest BCUT2D eigenvalue weighted by Gasteiger charge is 2.15. The van der Waals surface area contributed by atoms with Crippen LogP contribution in [0.25, 0.3) is 16.8 Å². The van der Waals surface area contributed by atoms with Crippen molar-refractivity contribution in [3.8, 4) is 17.3 Å². The van der Waals surface area contributed by atoms with Crippen LogP contribution in [0.5, 0.6) is 0 Å². The summed E-state index contributed by atoms with van der Waals surface area (Å²) in [6, 6.07) is 19.3. The zero-order valence-corrected chi connectivity index (χ0v) is 16.2. The third-order valence-electron chi connectivity index (χ3n) is 4.61. The van der Waals surface area contributed by atoms with Crippen molar-refractivity contribution in [2.45, 2.75) is 20.4 Å². The molecular formula is C22H19N5O2. The number of hydrogen-bond acceptors (Lipinski definition) is 5. The molecule has 1 aromatic carbocycles. The molecule has 0 bridgehead atoms. The summed E-state index contributed by atoms with van der Waals surface area (Å²) in [5.74, 6) is -0.448. The minimum Gasteiger partial charge on any atom is -0.461 e. The fourth-order valence-corrected chi connectivity index (χ4v) is 3.23. The fraction of sp³-hybridized carbons (Fsp3) is 0.182. The molecule has 0 aliphatic heterocycles. The van der Waals surface area contributed by atoms with Crippen LogP contribution in [0.1, 0.15) is 34.4 Å². The van der Waals surface area contributed by atoms with E-state index < -0.39 is 5.97 Å². The summed E-state index contributed by atoms with van der Waals surface area (Å²) in [5, 5.41) is 18.5. The Bertz CT molecular complexity index is 1230. The molecule has 7 heteroatoms. The average Bonchev–Trinajstić information content (AvgIpc) is 3.33. The smallest absolute Gasteiger partial charge is 0.358 e. The molecular weight excluding hydrogens is 366 g/mol. The minimum atomic E-state index is -0.448. The van der Waals surface area contributed by atoms with E-state index in [2.05, 4.69) is 11.2 Å². The van der Waals surface area contributed by atoms with E-state index in [0.29, 0.717) is 18.7 Å². The van der Waals surface area contributed by atoms with E-state index in [-0.39, 0.29) is 5.69 Å². The van der Waals surface area contributed by atoms with Crippen LogP contribution < -0.4 is 0 Å². The Morgan fingerprint density at radius 1 is 1.14 bits per heavy atom. The lowest BCUT2D eigenvalue weighted by Crippen LogP contribution is -2.11. The van der Waals surface area contributed by atoms with Gasteiger partial charge in [0.15, 0.2) is 5.69 Å². The summed E-state index contributed by atoms with van der Waals surface area (Å²) < 4.78 is 8.56. The van der Waals surface area contributed by atoms with Gasteiger partial charge in [0.25, 0.3) is 0 Å². The maximum atomic E-state index is 12.0. The van der Waals surface area contributed by atoms with Gasteiger partial charge in [-0.3, -0.25) is 4.68 Å². The van der Waals surface area contributed by atoms with Crippen LogP contribution in [-0.2, 0) is 11.3 Å². The molecule has 3 aromatic heterocycles. The molecule has 0 atom stereocenters. The number of aryl methyl sites for hydroxylation is 1. The summed E-state index contributed by atoms with van der Waals surface area (Å²) >= 11 is 0. The number of hydrogen-bond donors (Lipinski definition) is 0. The largest absolute Gasteiger partial charge is 0.461 e. The van der Waals surface area contributed by atoms with Crippen LogP contribution in [0.15, 0.2) is 54.6 Å². The van der Waals surface area contributed by atoms with Gasteiger partial charge in [0.05, 0.1) is 41.7 Å². The number of aromatic nitrogens is 4. The summed E-state index contributed by atoms with van der Waals surface area (Å²) in [6.45, 7) is 4.30. The van der Waals surface area contributed by atoms with Crippen LogP contribution >= 0.6 is 0 Å². The molecule has 0 aliphatic rings. The average molecular weight is 385 g/mol. The van der Waals surface area contributed by atoms with Gasteiger partial charge in [-0.1, -0.05) is 30.3 Å². The van der Waals surface area contributed by atoms with Crippen molar-refractivity contribution in [3.63, 3.8) is 0 Å². The van der Waals surface area contributed by atoms with Gasteiger partial charge >= 0.3 is 5.97 Å². The van der Waals surface area contributed by atoms with E-state index in [1.54, 1.807) is 23.7 Å². The third-order valence-corrected chi connectivity index (χ3v) is 4.61. The zero-order valence-electron chi connectivity index (χ0n) is 16.2. The number of carbonyl (C=O) groups is 1. The number of ether oxygens (including phenoxy) is 1. The molecule has 0 saturated heterocycles. The monoisotopic (exact) mass is 385 g/mol. The molecule has 0 radical (unpaired) electrons. The Balaban J connectivity index is 1.76. The van der Waals surface area contributed by atoms with Gasteiger partial charge < -0.3 is 4.74 Å². The maximum Gasteiger partial charge on any atom is 0.358 e. The highest BCUT2D eigenvalue weighted by Crippen LogP contribution is 2.22. The second kappa shape index (κ2) is 7.60. The van der Waals surface area contributed by atoms with Gasteiger partial charge in [-0.2, -0.15) is 15.5 Å². The molecule has 0 aliphatic carbocycles. The SMILES string of the molecule is CCOC(=O)c1cc(C)n(Cc2cc(C#N)cc3cc(-c4ccccc4)nn23)n1. The molecule has 4 aromatic rings. The Morgan fingerprint density at radius 3 is 2.66 bits per heavy atom. The second-order valence-corrected chi connectivity index (χ2v) is 6.63. The van der Waals surface area contributed by atoms with Crippen molar-refractivity contribution in [2.24, 2.45) is 0 Å². The Hall–Kier alpha value is -3.92. The van der Waals surface area contributed by atoms with Crippen molar-refractivity contribution < 1.29 is 9.53 Å². The van der Waals surface area contributed by atoms with Crippen LogP contribution in [0.2, 0.25) is 0 Å². The molecule has 0 unspecified atom stereocenters. The van der Waals surface area contributed by atoms with Gasteiger partial charge in [-0.25, -0.2) is 9.31 Å². The predicted molar refractivity (Wildman–Crippen MR) is 107 cm³/mol. The van der Waals surface area contributed by atoms with Crippen LogP contribution in [0.3, 0.4) is 0 Å². The molecule has 0 N–H and O–H groups in total. The van der Waals surface area contributed by atoms with E-state index in [4.69, 9.17) is 9.84 Å². The summed E-state index contributed by atoms with van der Waals surface area (Å²) in [4.78, 5) is 12.0. The molecule has 3 heterocycles. The minimum absolute atomic E-state index is 0.266. The number of esters is 1. The van der Waals surface area contributed by atoms with Crippen molar-refractivity contribution in [2.75, 3.05) is 6.61 Å². The predicted octanol–water partition coefficient (Wildman–Crippen LogP) is 3.60. The Morgan fingerprint density at radius 2 is 1.93 bits per heavy atom. The maximum absolute atomic E-state index is 12.0. The first-order valence-corrected chi connectivity index (χ1v) is 9.29. The van der Waals surface area contributed by atoms with E-state index in [9.17, 15) is 10.1 Å². The lowest BCUT2D eigenvalue weighted by Gasteiger charge is -2.08. The van der Waals surface area contributed by atoms with E-state index in [1.807, 2.05) is 53.9 Å². The molecule has 7 nitrogen and oxygen atoms in total. The zero-order chi connectivity index (χ0) is 20.4. The number of benzene rings is 1. The highest BCUT2D eigenvalue weighted by atomic mass is 16.5. The standard InChI is InChI=1S/C22H19N5O2/c1-3-29-22(28)21-9-15(2)26(24-21)14-19-11-16(13-23)10-18-12-20(25-27(18)19)17-7-5-4-6-8-17/h4-12H,3,14H2,1-2H3. The summed E-state index contributed by atoms with van der Waals surface area (Å²) in [5.41, 5.74) is 5.08. The van der Waals surface area contributed by atoms with Gasteiger partial charge in [-0.15, -0.1) is 0 Å². The van der Waals surface area contributed by atoms with Crippen molar-refractivity contribution in [3.05, 3.63) is 77.2 Å². The van der Waals surface area contributed by atoms with Gasteiger partial charge in [-0.05, 0) is 38.1 Å². The molecule has 4 rings (SSSR count). The molecule has 144 valence electrons. The summed E-state index contributed by atoms with van der Waals surface area (Å²) in [7, 11) is 0. The second-order valence-electron chi connectivity index (χ2n) is 6.63. The first-order chi connectivity index (χ1) is 14.1. The van der Waals surface area contributed by atoms with Gasteiger partial charge in [0, 0.05) is 11.3 Å². The topological polar surface area (TPSA) is 85.2 Å². The first kappa shape index (κ1) is 18.4. The Labute approximate surface area is 167 Å². The van der Waals surface area contributed by atoms with E-state index in [0.717, 1.165) is 28.2 Å². The van der Waals surface area contributed by atoms with Gasteiger partial charge in [0.1, 0.15) is 0 Å². The molecule has 0 fully saturated rings. The molecule has 0 saturated carbocycles. The molecule has 0 amide bonds. The Kier molecular flexibility index (Phi) is 4.83. The molecule has 29 heavy (non-hydrogen) atoms. The number of rotatable bonds is 5. The quantitative estimate of drug-likeness (QED) is 0.490. The van der Waals surface area contributed by atoms with Crippen LogP contribution in [0.4, 0.5) is 0 Å². The number of nitriles is 1. The normalized spacial score (nSPS) is 10.8. The lowest BCUT2D eigenvalue weighted by molar-refractivity contribution is 0.0518. The fourth-order valence-electron chi connectivity index (χ4n) is 3.23. The number of nitrogens with zero attached hydrogens (tertiary/aromatic N) is 5. The molecule has 0 spiro atoms. The third kappa shape index (κ3) is 3.60. The van der Waals surface area contributed by atoms with E-state index >= 15 is 0 Å². The van der Waals surface area contributed by atoms with Crippen LogP contribution in [-0.4, -0.2) is 32.0 Å². The first-order valence-electron chi connectivity index (χ1n) is 9.29. The number of carbonyl (C=O) groups excluding carboxylic acids is 1. The number of fused-ring (bicyclic) bond motifs is 1. The van der Waals surface area contributed by atoms with Crippen LogP contribution in [0, 0.1) is 18.3 Å². The highest BCUT2D eigenvalue weighted by molar-refractivity contribution is 5.87.